The molecule has 0 spiro atoms. The highest BCUT2D eigenvalue weighted by Gasteiger charge is 2.16. The first-order valence-corrected chi connectivity index (χ1v) is 6.21. The van der Waals surface area contributed by atoms with Gasteiger partial charge in [0.25, 0.3) is 0 Å². The molecule has 0 aliphatic rings. The van der Waals surface area contributed by atoms with Crippen LogP contribution in [-0.2, 0) is 0 Å². The molecule has 2 rings (SSSR count). The molecular weight excluding hydrogens is 340 g/mol. The van der Waals surface area contributed by atoms with Gasteiger partial charge in [0.2, 0.25) is 5.75 Å². The maximum atomic E-state index is 13.1. The van der Waals surface area contributed by atoms with Crippen LogP contribution in [0.4, 0.5) is 10.1 Å². The number of nitrogens with zero attached hydrogens (tertiary/aromatic N) is 1. The predicted molar refractivity (Wildman–Crippen MR) is 72.3 cm³/mol. The maximum Gasteiger partial charge on any atom is 0.313 e. The Labute approximate surface area is 121 Å². The fourth-order valence-electron chi connectivity index (χ4n) is 1.39. The van der Waals surface area contributed by atoms with E-state index >= 15 is 0 Å². The van der Waals surface area contributed by atoms with E-state index < -0.39 is 10.7 Å². The van der Waals surface area contributed by atoms with Crippen LogP contribution in [0.5, 0.6) is 11.5 Å². The Kier molecular flexibility index (Phi) is 4.01. The molecule has 7 heteroatoms. The first-order valence-electron chi connectivity index (χ1n) is 5.04. The van der Waals surface area contributed by atoms with Crippen molar-refractivity contribution in [2.24, 2.45) is 0 Å². The highest BCUT2D eigenvalue weighted by Crippen LogP contribution is 2.34. The van der Waals surface area contributed by atoms with E-state index in [0.717, 1.165) is 0 Å². The Balaban J connectivity index is 2.37. The van der Waals surface area contributed by atoms with E-state index in [1.54, 1.807) is 0 Å². The van der Waals surface area contributed by atoms with Crippen LogP contribution >= 0.6 is 27.5 Å². The van der Waals surface area contributed by atoms with Crippen LogP contribution in [0, 0.1) is 15.9 Å². The first-order chi connectivity index (χ1) is 8.97. The quantitative estimate of drug-likeness (QED) is 0.584. The fourth-order valence-corrected chi connectivity index (χ4v) is 1.91. The fraction of sp³-hybridized carbons (Fsp3) is 0. The van der Waals surface area contributed by atoms with Crippen LogP contribution in [0.3, 0.4) is 0 Å². The van der Waals surface area contributed by atoms with Crippen LogP contribution in [0.2, 0.25) is 5.02 Å². The van der Waals surface area contributed by atoms with Gasteiger partial charge in [-0.05, 0) is 46.3 Å². The Morgan fingerprint density at radius 1 is 1.26 bits per heavy atom. The third-order valence-electron chi connectivity index (χ3n) is 2.24. The van der Waals surface area contributed by atoms with E-state index in [9.17, 15) is 14.5 Å². The molecule has 98 valence electrons. The second kappa shape index (κ2) is 5.54. The van der Waals surface area contributed by atoms with Crippen molar-refractivity contribution in [2.75, 3.05) is 0 Å². The smallest absolute Gasteiger partial charge is 0.313 e. The minimum atomic E-state index is -0.597. The number of rotatable bonds is 3. The van der Waals surface area contributed by atoms with Gasteiger partial charge in [0, 0.05) is 11.1 Å². The molecule has 0 bridgehead atoms. The standard InChI is InChI=1S/C12H6BrClFNO3/c13-9-6-8(2-3-10(9)15)19-12-4-1-7(14)5-11(12)16(17)18/h1-6H. The lowest BCUT2D eigenvalue weighted by atomic mass is 10.3. The molecule has 0 saturated heterocycles. The zero-order valence-electron chi connectivity index (χ0n) is 9.27. The van der Waals surface area contributed by atoms with Gasteiger partial charge in [-0.1, -0.05) is 11.6 Å². The third-order valence-corrected chi connectivity index (χ3v) is 3.08. The summed E-state index contributed by atoms with van der Waals surface area (Å²) in [6.45, 7) is 0. The van der Waals surface area contributed by atoms with Crippen LogP contribution in [0.15, 0.2) is 40.9 Å². The number of benzene rings is 2. The molecule has 0 radical (unpaired) electrons. The van der Waals surface area contributed by atoms with Crippen molar-refractivity contribution in [3.8, 4) is 11.5 Å². The lowest BCUT2D eigenvalue weighted by molar-refractivity contribution is -0.385. The lowest BCUT2D eigenvalue weighted by Crippen LogP contribution is -1.93. The highest BCUT2D eigenvalue weighted by molar-refractivity contribution is 9.10. The van der Waals surface area contributed by atoms with Crippen molar-refractivity contribution in [1.82, 2.24) is 0 Å². The van der Waals surface area contributed by atoms with E-state index in [4.69, 9.17) is 16.3 Å². The Morgan fingerprint density at radius 3 is 2.63 bits per heavy atom. The molecule has 0 aliphatic carbocycles. The average Bonchev–Trinajstić information content (AvgIpc) is 2.36. The van der Waals surface area contributed by atoms with Crippen LogP contribution < -0.4 is 4.74 Å². The molecule has 0 aromatic heterocycles. The van der Waals surface area contributed by atoms with Crippen LogP contribution in [-0.4, -0.2) is 4.92 Å². The topological polar surface area (TPSA) is 52.4 Å². The minimum absolute atomic E-state index is 0.0351. The molecule has 0 atom stereocenters. The zero-order chi connectivity index (χ0) is 14.0. The van der Waals surface area contributed by atoms with Gasteiger partial charge in [-0.25, -0.2) is 4.39 Å². The molecule has 2 aromatic carbocycles. The summed E-state index contributed by atoms with van der Waals surface area (Å²) in [6, 6.07) is 8.00. The van der Waals surface area contributed by atoms with Crippen molar-refractivity contribution in [2.45, 2.75) is 0 Å². The van der Waals surface area contributed by atoms with Gasteiger partial charge >= 0.3 is 5.69 Å². The largest absolute Gasteiger partial charge is 0.450 e. The summed E-state index contributed by atoms with van der Waals surface area (Å²) in [7, 11) is 0. The van der Waals surface area contributed by atoms with Crippen molar-refractivity contribution < 1.29 is 14.1 Å². The summed E-state index contributed by atoms with van der Waals surface area (Å²) in [5.41, 5.74) is -0.257. The Bertz CT molecular complexity index is 651. The second-order valence-electron chi connectivity index (χ2n) is 3.55. The van der Waals surface area contributed by atoms with Gasteiger partial charge in [0.1, 0.15) is 11.6 Å². The Hall–Kier alpha value is -1.66. The monoisotopic (exact) mass is 345 g/mol. The molecule has 0 saturated carbocycles. The SMILES string of the molecule is O=[N+]([O-])c1cc(Cl)ccc1Oc1ccc(F)c(Br)c1. The Morgan fingerprint density at radius 2 is 2.00 bits per heavy atom. The van der Waals surface area contributed by atoms with E-state index in [1.807, 2.05) is 0 Å². The van der Waals surface area contributed by atoms with Crippen molar-refractivity contribution in [1.29, 1.82) is 0 Å². The van der Waals surface area contributed by atoms with Gasteiger partial charge in [0.05, 0.1) is 9.40 Å². The molecule has 0 N–H and O–H groups in total. The van der Waals surface area contributed by atoms with Gasteiger partial charge in [-0.3, -0.25) is 10.1 Å². The normalized spacial score (nSPS) is 10.3. The van der Waals surface area contributed by atoms with E-state index in [0.29, 0.717) is 0 Å². The third kappa shape index (κ3) is 3.21. The number of ether oxygens (including phenoxy) is 1. The van der Waals surface area contributed by atoms with E-state index in [1.165, 1.54) is 36.4 Å². The van der Waals surface area contributed by atoms with E-state index in [2.05, 4.69) is 15.9 Å². The zero-order valence-corrected chi connectivity index (χ0v) is 11.6. The summed E-state index contributed by atoms with van der Waals surface area (Å²) in [4.78, 5) is 10.3. The van der Waals surface area contributed by atoms with Gasteiger partial charge in [0.15, 0.2) is 0 Å². The van der Waals surface area contributed by atoms with E-state index in [-0.39, 0.29) is 26.7 Å². The molecule has 0 heterocycles. The molecule has 4 nitrogen and oxygen atoms in total. The van der Waals surface area contributed by atoms with Crippen LogP contribution in [0.1, 0.15) is 0 Å². The second-order valence-corrected chi connectivity index (χ2v) is 4.84. The molecule has 0 unspecified atom stereocenters. The van der Waals surface area contributed by atoms with Gasteiger partial charge < -0.3 is 4.74 Å². The lowest BCUT2D eigenvalue weighted by Gasteiger charge is -2.07. The van der Waals surface area contributed by atoms with Crippen LogP contribution in [0.25, 0.3) is 0 Å². The van der Waals surface area contributed by atoms with Crippen molar-refractivity contribution in [3.05, 3.63) is 61.8 Å². The molecule has 2 aromatic rings. The van der Waals surface area contributed by atoms with Gasteiger partial charge in [-0.15, -0.1) is 0 Å². The predicted octanol–water partition coefficient (Wildman–Crippen LogP) is 4.94. The van der Waals surface area contributed by atoms with Crippen molar-refractivity contribution >= 4 is 33.2 Å². The number of hydrogen-bond acceptors (Lipinski definition) is 3. The average molecular weight is 347 g/mol. The first kappa shape index (κ1) is 13.8. The number of nitro benzene ring substituents is 1. The number of hydrogen-bond donors (Lipinski definition) is 0. The number of halogens is 3. The summed E-state index contributed by atoms with van der Waals surface area (Å²) >= 11 is 8.70. The summed E-state index contributed by atoms with van der Waals surface area (Å²) < 4.78 is 18.6. The molecule has 0 amide bonds. The van der Waals surface area contributed by atoms with Crippen molar-refractivity contribution in [3.63, 3.8) is 0 Å². The molecule has 19 heavy (non-hydrogen) atoms. The summed E-state index contributed by atoms with van der Waals surface area (Å²) in [5.74, 6) is -0.135. The summed E-state index contributed by atoms with van der Waals surface area (Å²) in [5, 5.41) is 11.1. The minimum Gasteiger partial charge on any atom is -0.450 e. The van der Waals surface area contributed by atoms with Gasteiger partial charge in [-0.2, -0.15) is 0 Å². The molecular formula is C12H6BrClFNO3. The highest BCUT2D eigenvalue weighted by atomic mass is 79.9. The molecule has 0 fully saturated rings. The molecule has 0 aliphatic heterocycles. The maximum absolute atomic E-state index is 13.1. The number of nitro groups is 1. The summed E-state index contributed by atoms with van der Waals surface area (Å²) in [6.07, 6.45) is 0.